The van der Waals surface area contributed by atoms with Crippen molar-refractivity contribution in [2.75, 3.05) is 18.5 Å². The summed E-state index contributed by atoms with van der Waals surface area (Å²) >= 11 is 2.81. The molecule has 1 N–H and O–H groups in total. The molecular weight excluding hydrogens is 401 g/mol. The number of ether oxygens (including phenoxy) is 2. The van der Waals surface area contributed by atoms with Crippen LogP contribution in [0.25, 0.3) is 0 Å². The van der Waals surface area contributed by atoms with E-state index in [-0.39, 0.29) is 16.7 Å². The molecule has 1 amide bonds. The van der Waals surface area contributed by atoms with Gasteiger partial charge in [0.25, 0.3) is 5.91 Å². The summed E-state index contributed by atoms with van der Waals surface area (Å²) in [5.74, 6) is 1.37. The summed E-state index contributed by atoms with van der Waals surface area (Å²) in [6.45, 7) is 1.30. The minimum Gasteiger partial charge on any atom is -0.490 e. The van der Waals surface area contributed by atoms with Crippen molar-refractivity contribution in [3.05, 3.63) is 58.3 Å². The molecular formula is C19H16FN3O3S2. The lowest BCUT2D eigenvalue weighted by Crippen LogP contribution is -2.11. The Kier molecular flexibility index (Phi) is 5.73. The molecule has 1 aliphatic rings. The maximum Gasteiger partial charge on any atom is 0.286 e. The molecule has 0 radical (unpaired) electrons. The molecule has 0 saturated heterocycles. The van der Waals surface area contributed by atoms with Crippen LogP contribution in [0.1, 0.15) is 21.2 Å². The molecule has 0 spiro atoms. The van der Waals surface area contributed by atoms with Crippen LogP contribution >= 0.6 is 23.1 Å². The maximum atomic E-state index is 12.9. The number of nitrogens with one attached hydrogen (secondary N) is 1. The standard InChI is InChI=1S/C19H16FN3O3S2/c20-12-2-4-13(5-3-12)21-18(24)19-23-22-17(28-19)11-27-14-6-7-15-16(10-14)26-9-1-8-25-15/h2-7,10H,1,8-9,11H2,(H,21,24). The summed E-state index contributed by atoms with van der Waals surface area (Å²) in [6, 6.07) is 11.4. The fourth-order valence-corrected chi connectivity index (χ4v) is 4.15. The number of hydrogen-bond donors (Lipinski definition) is 1. The van der Waals surface area contributed by atoms with Crippen molar-refractivity contribution in [3.63, 3.8) is 0 Å². The van der Waals surface area contributed by atoms with Crippen LogP contribution in [0.3, 0.4) is 0 Å². The molecule has 144 valence electrons. The van der Waals surface area contributed by atoms with E-state index < -0.39 is 0 Å². The summed E-state index contributed by atoms with van der Waals surface area (Å²) in [5, 5.41) is 11.7. The van der Waals surface area contributed by atoms with Crippen molar-refractivity contribution in [3.8, 4) is 11.5 Å². The molecule has 0 unspecified atom stereocenters. The van der Waals surface area contributed by atoms with E-state index in [1.54, 1.807) is 11.8 Å². The number of benzene rings is 2. The summed E-state index contributed by atoms with van der Waals surface area (Å²) < 4.78 is 24.3. The molecule has 4 rings (SSSR count). The number of amides is 1. The van der Waals surface area contributed by atoms with Gasteiger partial charge in [0.1, 0.15) is 10.8 Å². The van der Waals surface area contributed by atoms with E-state index in [2.05, 4.69) is 15.5 Å². The number of aromatic nitrogens is 2. The maximum absolute atomic E-state index is 12.9. The Balaban J connectivity index is 1.36. The lowest BCUT2D eigenvalue weighted by Gasteiger charge is -2.08. The monoisotopic (exact) mass is 417 g/mol. The second kappa shape index (κ2) is 8.57. The average Bonchev–Trinajstić information content (AvgIpc) is 3.06. The van der Waals surface area contributed by atoms with Gasteiger partial charge in [-0.3, -0.25) is 4.79 Å². The van der Waals surface area contributed by atoms with Crippen molar-refractivity contribution in [2.24, 2.45) is 0 Å². The SMILES string of the molecule is O=C(Nc1ccc(F)cc1)c1nnc(CSc2ccc3c(c2)OCCCO3)s1. The van der Waals surface area contributed by atoms with Gasteiger partial charge in [0, 0.05) is 17.0 Å². The van der Waals surface area contributed by atoms with Gasteiger partial charge < -0.3 is 14.8 Å². The van der Waals surface area contributed by atoms with E-state index in [1.807, 2.05) is 18.2 Å². The van der Waals surface area contributed by atoms with E-state index in [4.69, 9.17) is 9.47 Å². The van der Waals surface area contributed by atoms with Gasteiger partial charge in [0.05, 0.1) is 19.0 Å². The summed E-state index contributed by atoms with van der Waals surface area (Å²) in [7, 11) is 0. The fraction of sp³-hybridized carbons (Fsp3) is 0.211. The number of fused-ring (bicyclic) bond motifs is 1. The molecule has 2 heterocycles. The van der Waals surface area contributed by atoms with Crippen LogP contribution in [0.5, 0.6) is 11.5 Å². The molecule has 0 saturated carbocycles. The number of thioether (sulfide) groups is 1. The van der Waals surface area contributed by atoms with Gasteiger partial charge >= 0.3 is 0 Å². The van der Waals surface area contributed by atoms with Gasteiger partial charge in [0.2, 0.25) is 5.01 Å². The van der Waals surface area contributed by atoms with Gasteiger partial charge in [-0.25, -0.2) is 4.39 Å². The van der Waals surface area contributed by atoms with Crippen molar-refractivity contribution in [2.45, 2.75) is 17.1 Å². The first-order chi connectivity index (χ1) is 13.7. The van der Waals surface area contributed by atoms with E-state index in [9.17, 15) is 9.18 Å². The van der Waals surface area contributed by atoms with Crippen LogP contribution in [0, 0.1) is 5.82 Å². The van der Waals surface area contributed by atoms with Crippen LogP contribution < -0.4 is 14.8 Å². The molecule has 28 heavy (non-hydrogen) atoms. The zero-order valence-electron chi connectivity index (χ0n) is 14.7. The molecule has 0 bridgehead atoms. The highest BCUT2D eigenvalue weighted by atomic mass is 32.2. The molecule has 6 nitrogen and oxygen atoms in total. The highest BCUT2D eigenvalue weighted by Crippen LogP contribution is 2.35. The van der Waals surface area contributed by atoms with Crippen LogP contribution in [0.15, 0.2) is 47.4 Å². The number of nitrogens with zero attached hydrogens (tertiary/aromatic N) is 2. The number of halogens is 1. The third-order valence-electron chi connectivity index (χ3n) is 3.84. The lowest BCUT2D eigenvalue weighted by molar-refractivity contribution is 0.102. The van der Waals surface area contributed by atoms with Crippen molar-refractivity contribution >= 4 is 34.7 Å². The molecule has 9 heteroatoms. The van der Waals surface area contributed by atoms with Crippen molar-refractivity contribution < 1.29 is 18.7 Å². The Hall–Kier alpha value is -2.65. The van der Waals surface area contributed by atoms with Crippen molar-refractivity contribution in [1.82, 2.24) is 10.2 Å². The third kappa shape index (κ3) is 4.60. The summed E-state index contributed by atoms with van der Waals surface area (Å²) in [4.78, 5) is 13.3. The Morgan fingerprint density at radius 3 is 2.71 bits per heavy atom. The molecule has 1 aromatic heterocycles. The molecule has 0 fully saturated rings. The quantitative estimate of drug-likeness (QED) is 0.621. The first-order valence-electron chi connectivity index (χ1n) is 8.59. The Morgan fingerprint density at radius 1 is 1.11 bits per heavy atom. The van der Waals surface area contributed by atoms with E-state index in [0.717, 1.165) is 27.8 Å². The van der Waals surface area contributed by atoms with Crippen LogP contribution in [0.4, 0.5) is 10.1 Å². The van der Waals surface area contributed by atoms with E-state index in [1.165, 1.54) is 35.6 Å². The Labute approximate surface area is 169 Å². The number of carbonyl (C=O) groups excluding carboxylic acids is 1. The third-order valence-corrected chi connectivity index (χ3v) is 5.95. The predicted molar refractivity (Wildman–Crippen MR) is 106 cm³/mol. The first kappa shape index (κ1) is 18.7. The average molecular weight is 417 g/mol. The highest BCUT2D eigenvalue weighted by molar-refractivity contribution is 7.98. The first-order valence-corrected chi connectivity index (χ1v) is 10.4. The minimum absolute atomic E-state index is 0.263. The summed E-state index contributed by atoms with van der Waals surface area (Å²) in [6.07, 6.45) is 0.866. The normalized spacial score (nSPS) is 13.0. The lowest BCUT2D eigenvalue weighted by atomic mass is 10.3. The number of hydrogen-bond acceptors (Lipinski definition) is 7. The molecule has 1 aliphatic heterocycles. The van der Waals surface area contributed by atoms with Crippen LogP contribution in [-0.2, 0) is 5.75 Å². The van der Waals surface area contributed by atoms with Gasteiger partial charge in [0.15, 0.2) is 11.5 Å². The number of rotatable bonds is 5. The molecule has 0 aliphatic carbocycles. The zero-order chi connectivity index (χ0) is 19.3. The van der Waals surface area contributed by atoms with E-state index in [0.29, 0.717) is 24.7 Å². The van der Waals surface area contributed by atoms with Gasteiger partial charge in [-0.05, 0) is 42.5 Å². The second-order valence-corrected chi connectivity index (χ2v) is 8.02. The van der Waals surface area contributed by atoms with Gasteiger partial charge in [-0.15, -0.1) is 22.0 Å². The number of carbonyl (C=O) groups is 1. The summed E-state index contributed by atoms with van der Waals surface area (Å²) in [5.41, 5.74) is 0.504. The van der Waals surface area contributed by atoms with Gasteiger partial charge in [-0.1, -0.05) is 11.3 Å². The van der Waals surface area contributed by atoms with Crippen LogP contribution in [-0.4, -0.2) is 29.3 Å². The fourth-order valence-electron chi connectivity index (χ4n) is 2.50. The molecule has 0 atom stereocenters. The Morgan fingerprint density at radius 2 is 1.89 bits per heavy atom. The minimum atomic E-state index is -0.365. The number of anilines is 1. The molecule has 3 aromatic rings. The van der Waals surface area contributed by atoms with E-state index >= 15 is 0 Å². The topological polar surface area (TPSA) is 73.3 Å². The highest BCUT2D eigenvalue weighted by Gasteiger charge is 2.15. The Bertz CT molecular complexity index is 979. The predicted octanol–water partition coefficient (Wildman–Crippen LogP) is 4.38. The van der Waals surface area contributed by atoms with Gasteiger partial charge in [-0.2, -0.15) is 0 Å². The van der Waals surface area contributed by atoms with Crippen molar-refractivity contribution in [1.29, 1.82) is 0 Å². The second-order valence-electron chi connectivity index (χ2n) is 5.91. The van der Waals surface area contributed by atoms with Crippen LogP contribution in [0.2, 0.25) is 0 Å². The largest absolute Gasteiger partial charge is 0.490 e. The smallest absolute Gasteiger partial charge is 0.286 e. The zero-order valence-corrected chi connectivity index (χ0v) is 16.3. The molecule has 2 aromatic carbocycles.